The van der Waals surface area contributed by atoms with E-state index in [4.69, 9.17) is 11.6 Å². The molecule has 1 N–H and O–H groups in total. The Bertz CT molecular complexity index is 375. The van der Waals surface area contributed by atoms with Crippen LogP contribution in [0.1, 0.15) is 40.5 Å². The molecule has 1 atom stereocenters. The minimum Gasteiger partial charge on any atom is -0.353 e. The zero-order valence-corrected chi connectivity index (χ0v) is 13.4. The summed E-state index contributed by atoms with van der Waals surface area (Å²) in [6, 6.07) is 0. The third-order valence-electron chi connectivity index (χ3n) is 3.49. The Morgan fingerprint density at radius 1 is 1.28 bits per heavy atom. The van der Waals surface area contributed by atoms with Crippen molar-refractivity contribution in [2.24, 2.45) is 5.92 Å². The lowest BCUT2D eigenvalue weighted by molar-refractivity contribution is -0.122. The number of nitrogens with one attached hydrogen (secondary N) is 1. The number of hydrogen-bond donors (Lipinski definition) is 1. The van der Waals surface area contributed by atoms with E-state index in [-0.39, 0.29) is 5.38 Å². The molecule has 4 nitrogen and oxygen atoms in total. The van der Waals surface area contributed by atoms with Gasteiger partial charge in [0.2, 0.25) is 5.91 Å². The number of amides is 1. The number of sulfone groups is 1. The quantitative estimate of drug-likeness (QED) is 0.731. The van der Waals surface area contributed by atoms with Crippen molar-refractivity contribution in [3.8, 4) is 0 Å². The molecular weight excluding hydrogens is 274 g/mol. The number of carbonyl (C=O) groups is 1. The highest BCUT2D eigenvalue weighted by atomic mass is 35.5. The zero-order valence-electron chi connectivity index (χ0n) is 11.8. The van der Waals surface area contributed by atoms with E-state index < -0.39 is 20.5 Å². The molecule has 6 heteroatoms. The second-order valence-electron chi connectivity index (χ2n) is 5.09. The maximum Gasteiger partial charge on any atom is 0.240 e. The highest BCUT2D eigenvalue weighted by molar-refractivity contribution is 7.92. The Balaban J connectivity index is 4.53. The number of rotatable bonds is 7. The topological polar surface area (TPSA) is 63.2 Å². The molecule has 18 heavy (non-hydrogen) atoms. The number of alkyl halides is 1. The van der Waals surface area contributed by atoms with Crippen molar-refractivity contribution in [3.05, 3.63) is 0 Å². The molecule has 0 aromatic rings. The van der Waals surface area contributed by atoms with Gasteiger partial charge in [-0.3, -0.25) is 4.79 Å². The van der Waals surface area contributed by atoms with Gasteiger partial charge in [-0.2, -0.15) is 0 Å². The standard InChI is InChI=1S/C12H24ClNO3S/c1-6-9(7-2)10(13)8-14-11(15)12(3,4)18(5,16)17/h9-10H,6-8H2,1-5H3,(H,14,15). The van der Waals surface area contributed by atoms with E-state index in [9.17, 15) is 13.2 Å². The summed E-state index contributed by atoms with van der Waals surface area (Å²) in [6.45, 7) is 7.19. The lowest BCUT2D eigenvalue weighted by atomic mass is 9.99. The molecule has 0 aliphatic rings. The molecule has 0 saturated heterocycles. The predicted octanol–water partition coefficient (Wildman–Crippen LogP) is 1.97. The SMILES string of the molecule is CCC(CC)C(Cl)CNC(=O)C(C)(C)S(C)(=O)=O. The zero-order chi connectivity index (χ0) is 14.6. The average Bonchev–Trinajstić information content (AvgIpc) is 2.25. The first kappa shape index (κ1) is 17.7. The minimum absolute atomic E-state index is 0.167. The normalized spacial score (nSPS) is 14.6. The van der Waals surface area contributed by atoms with Crippen LogP contribution in [0.3, 0.4) is 0 Å². The van der Waals surface area contributed by atoms with Crippen LogP contribution >= 0.6 is 11.6 Å². The van der Waals surface area contributed by atoms with Gasteiger partial charge in [-0.15, -0.1) is 11.6 Å². The summed E-state index contributed by atoms with van der Waals surface area (Å²) < 4.78 is 21.6. The highest BCUT2D eigenvalue weighted by Crippen LogP contribution is 2.19. The van der Waals surface area contributed by atoms with E-state index in [0.717, 1.165) is 19.1 Å². The van der Waals surface area contributed by atoms with Gasteiger partial charge in [0.15, 0.2) is 9.84 Å². The van der Waals surface area contributed by atoms with Crippen LogP contribution < -0.4 is 5.32 Å². The van der Waals surface area contributed by atoms with Gasteiger partial charge >= 0.3 is 0 Å². The number of carbonyl (C=O) groups excluding carboxylic acids is 1. The van der Waals surface area contributed by atoms with Crippen LogP contribution in [-0.4, -0.2) is 37.2 Å². The summed E-state index contributed by atoms with van der Waals surface area (Å²) in [5.74, 6) is -0.171. The molecule has 0 aliphatic carbocycles. The first-order valence-electron chi connectivity index (χ1n) is 6.19. The lowest BCUT2D eigenvalue weighted by Gasteiger charge is -2.24. The summed E-state index contributed by atoms with van der Waals surface area (Å²) in [5.41, 5.74) is 0. The van der Waals surface area contributed by atoms with Crippen molar-refractivity contribution in [1.29, 1.82) is 0 Å². The van der Waals surface area contributed by atoms with Crippen LogP contribution in [0.15, 0.2) is 0 Å². The fraction of sp³-hybridized carbons (Fsp3) is 0.917. The molecule has 108 valence electrons. The van der Waals surface area contributed by atoms with Gasteiger partial charge in [-0.1, -0.05) is 26.7 Å². The van der Waals surface area contributed by atoms with Gasteiger partial charge in [0, 0.05) is 12.8 Å². The van der Waals surface area contributed by atoms with Crippen LogP contribution in [0, 0.1) is 5.92 Å². The largest absolute Gasteiger partial charge is 0.353 e. The van der Waals surface area contributed by atoms with E-state index in [1.165, 1.54) is 13.8 Å². The molecule has 0 saturated carbocycles. The third-order valence-corrected chi connectivity index (χ3v) is 6.04. The Labute approximate surface area is 115 Å². The number of hydrogen-bond acceptors (Lipinski definition) is 3. The lowest BCUT2D eigenvalue weighted by Crippen LogP contribution is -2.49. The van der Waals surface area contributed by atoms with Crippen LogP contribution in [0.4, 0.5) is 0 Å². The molecule has 1 unspecified atom stereocenters. The summed E-state index contributed by atoms with van der Waals surface area (Å²) in [5, 5.41) is 2.46. The summed E-state index contributed by atoms with van der Waals surface area (Å²) in [7, 11) is -3.44. The van der Waals surface area contributed by atoms with Crippen molar-refractivity contribution < 1.29 is 13.2 Å². The van der Waals surface area contributed by atoms with E-state index in [1.807, 2.05) is 13.8 Å². The molecule has 1 amide bonds. The van der Waals surface area contributed by atoms with Crippen molar-refractivity contribution in [2.45, 2.75) is 50.7 Å². The van der Waals surface area contributed by atoms with E-state index in [2.05, 4.69) is 5.32 Å². The summed E-state index contributed by atoms with van der Waals surface area (Å²) in [6.07, 6.45) is 2.94. The molecule has 0 aromatic carbocycles. The molecule has 0 rings (SSSR count). The van der Waals surface area contributed by atoms with E-state index in [0.29, 0.717) is 12.5 Å². The molecule has 0 bridgehead atoms. The van der Waals surface area contributed by atoms with Crippen LogP contribution in [0.25, 0.3) is 0 Å². The summed E-state index contributed by atoms with van der Waals surface area (Å²) in [4.78, 5) is 11.9. The first-order chi connectivity index (χ1) is 8.07. The van der Waals surface area contributed by atoms with Gasteiger partial charge in [-0.25, -0.2) is 8.42 Å². The molecule has 0 spiro atoms. The van der Waals surface area contributed by atoms with Crippen molar-refractivity contribution in [2.75, 3.05) is 12.8 Å². The Morgan fingerprint density at radius 3 is 2.06 bits per heavy atom. The fourth-order valence-electron chi connectivity index (χ4n) is 1.54. The van der Waals surface area contributed by atoms with Gasteiger partial charge in [0.05, 0.1) is 5.38 Å². The Hall–Kier alpha value is -0.290. The minimum atomic E-state index is -3.44. The maximum absolute atomic E-state index is 11.9. The molecule has 0 radical (unpaired) electrons. The van der Waals surface area contributed by atoms with Gasteiger partial charge in [0.25, 0.3) is 0 Å². The van der Waals surface area contributed by atoms with Crippen LogP contribution in [0.2, 0.25) is 0 Å². The fourth-order valence-corrected chi connectivity index (χ4v) is 2.38. The molecule has 0 heterocycles. The van der Waals surface area contributed by atoms with E-state index >= 15 is 0 Å². The van der Waals surface area contributed by atoms with Crippen molar-refractivity contribution in [1.82, 2.24) is 5.32 Å². The molecule has 0 aromatic heterocycles. The van der Waals surface area contributed by atoms with Crippen LogP contribution in [0.5, 0.6) is 0 Å². The molecule has 0 aliphatic heterocycles. The predicted molar refractivity (Wildman–Crippen MR) is 75.6 cm³/mol. The highest BCUT2D eigenvalue weighted by Gasteiger charge is 2.38. The second-order valence-corrected chi connectivity index (χ2v) is 8.21. The van der Waals surface area contributed by atoms with Crippen LogP contribution in [-0.2, 0) is 14.6 Å². The number of halogens is 1. The van der Waals surface area contributed by atoms with Gasteiger partial charge < -0.3 is 5.32 Å². The van der Waals surface area contributed by atoms with Gasteiger partial charge in [-0.05, 0) is 19.8 Å². The third kappa shape index (κ3) is 4.43. The summed E-state index contributed by atoms with van der Waals surface area (Å²) >= 11 is 6.19. The average molecular weight is 298 g/mol. The van der Waals surface area contributed by atoms with Crippen molar-refractivity contribution >= 4 is 27.3 Å². The van der Waals surface area contributed by atoms with Gasteiger partial charge in [0.1, 0.15) is 4.75 Å². The first-order valence-corrected chi connectivity index (χ1v) is 8.52. The smallest absolute Gasteiger partial charge is 0.240 e. The van der Waals surface area contributed by atoms with E-state index in [1.54, 1.807) is 0 Å². The molecular formula is C12H24ClNO3S. The Morgan fingerprint density at radius 2 is 1.72 bits per heavy atom. The Kier molecular flexibility index (Phi) is 6.65. The maximum atomic E-state index is 11.9. The monoisotopic (exact) mass is 297 g/mol. The second kappa shape index (κ2) is 6.75. The van der Waals surface area contributed by atoms with Crippen molar-refractivity contribution in [3.63, 3.8) is 0 Å². The molecule has 0 fully saturated rings.